The molecule has 1 atom stereocenters. The number of nitrogens with zero attached hydrogens (tertiary/aromatic N) is 3. The average Bonchev–Trinajstić information content (AvgIpc) is 3.27. The zero-order chi connectivity index (χ0) is 26.3. The summed E-state index contributed by atoms with van der Waals surface area (Å²) in [7, 11) is 1.67. The van der Waals surface area contributed by atoms with Crippen molar-refractivity contribution in [3.8, 4) is 11.4 Å². The average molecular weight is 497 g/mol. The van der Waals surface area contributed by atoms with Gasteiger partial charge in [0, 0.05) is 31.6 Å². The molecular weight excluding hydrogens is 466 g/mol. The molecule has 2 aromatic carbocycles. The highest BCUT2D eigenvalue weighted by Gasteiger charge is 2.34. The van der Waals surface area contributed by atoms with Gasteiger partial charge in [0.2, 0.25) is 5.56 Å². The lowest BCUT2D eigenvalue weighted by atomic mass is 10.1. The summed E-state index contributed by atoms with van der Waals surface area (Å²) in [5.74, 6) is -4.32. The topological polar surface area (TPSA) is 78.2 Å². The molecule has 0 saturated carbocycles. The van der Waals surface area contributed by atoms with Crippen molar-refractivity contribution in [3.05, 3.63) is 89.5 Å². The van der Waals surface area contributed by atoms with Crippen LogP contribution in [0.3, 0.4) is 0 Å². The third-order valence-electron chi connectivity index (χ3n) is 5.47. The van der Waals surface area contributed by atoms with Gasteiger partial charge in [0.1, 0.15) is 12.4 Å². The van der Waals surface area contributed by atoms with E-state index < -0.39 is 17.9 Å². The Balaban J connectivity index is 0.000000526. The highest BCUT2D eigenvalue weighted by atomic mass is 19.3. The fraction of sp³-hybridized carbons (Fsp3) is 0.296. The van der Waals surface area contributed by atoms with Crippen LogP contribution in [0.5, 0.6) is 5.75 Å². The summed E-state index contributed by atoms with van der Waals surface area (Å²) in [5.41, 5.74) is 1.45. The summed E-state index contributed by atoms with van der Waals surface area (Å²) in [4.78, 5) is 23.2. The standard InChI is InChI=1S/C21H24F2N4O3.C6H6/c1-13(2)17(25-20(29)21(3,22)23)12-30-16-6-7-18-14(9-16)10-24-27(18)15-5-8-19(28)26(4)11-15;1-2-4-6-5-3-1/h5-11,13,17H,12H2,1-4H3,(H,25,29);1-6H. The van der Waals surface area contributed by atoms with E-state index in [1.165, 1.54) is 10.6 Å². The van der Waals surface area contributed by atoms with Gasteiger partial charge in [-0.2, -0.15) is 13.9 Å². The number of amides is 1. The molecule has 4 rings (SSSR count). The number of nitrogens with one attached hydrogen (secondary N) is 1. The Morgan fingerprint density at radius 2 is 1.72 bits per heavy atom. The Kier molecular flexibility index (Phi) is 8.58. The molecule has 1 N–H and O–H groups in total. The summed E-state index contributed by atoms with van der Waals surface area (Å²) in [6.45, 7) is 4.27. The molecule has 190 valence electrons. The van der Waals surface area contributed by atoms with Gasteiger partial charge in [-0.05, 0) is 30.2 Å². The molecule has 9 heteroatoms. The zero-order valence-electron chi connectivity index (χ0n) is 20.7. The van der Waals surface area contributed by atoms with Crippen LogP contribution in [-0.4, -0.2) is 38.8 Å². The van der Waals surface area contributed by atoms with Gasteiger partial charge in [-0.1, -0.05) is 50.2 Å². The lowest BCUT2D eigenvalue weighted by Gasteiger charge is -2.24. The van der Waals surface area contributed by atoms with Crippen molar-refractivity contribution >= 4 is 16.8 Å². The lowest BCUT2D eigenvalue weighted by Crippen LogP contribution is -2.48. The van der Waals surface area contributed by atoms with Crippen molar-refractivity contribution in [3.63, 3.8) is 0 Å². The Morgan fingerprint density at radius 3 is 2.28 bits per heavy atom. The second-order valence-corrected chi connectivity index (χ2v) is 8.79. The lowest BCUT2D eigenvalue weighted by molar-refractivity contribution is -0.144. The van der Waals surface area contributed by atoms with Crippen molar-refractivity contribution in [2.75, 3.05) is 6.61 Å². The number of carbonyl (C=O) groups is 1. The molecule has 0 aliphatic carbocycles. The zero-order valence-corrected chi connectivity index (χ0v) is 20.7. The van der Waals surface area contributed by atoms with Crippen LogP contribution in [0.1, 0.15) is 20.8 Å². The van der Waals surface area contributed by atoms with Crippen LogP contribution in [-0.2, 0) is 11.8 Å². The van der Waals surface area contributed by atoms with E-state index in [9.17, 15) is 18.4 Å². The SMILES string of the molecule is CC(C)C(COc1ccc2c(cnn2-c2ccc(=O)n(C)c2)c1)NC(=O)C(C)(F)F.c1ccccc1. The van der Waals surface area contributed by atoms with Crippen LogP contribution in [0.4, 0.5) is 8.78 Å². The third kappa shape index (κ3) is 7.00. The molecule has 0 spiro atoms. The summed E-state index contributed by atoms with van der Waals surface area (Å²) < 4.78 is 35.3. The number of hydrogen-bond acceptors (Lipinski definition) is 4. The van der Waals surface area contributed by atoms with Crippen LogP contribution in [0.15, 0.2) is 83.9 Å². The van der Waals surface area contributed by atoms with E-state index in [-0.39, 0.29) is 18.1 Å². The van der Waals surface area contributed by atoms with E-state index in [1.807, 2.05) is 56.3 Å². The fourth-order valence-electron chi connectivity index (χ4n) is 3.28. The molecule has 0 bridgehead atoms. The minimum atomic E-state index is -3.44. The molecule has 2 heterocycles. The quantitative estimate of drug-likeness (QED) is 0.406. The molecule has 0 aliphatic heterocycles. The first-order valence-corrected chi connectivity index (χ1v) is 11.5. The smallest absolute Gasteiger partial charge is 0.321 e. The number of benzene rings is 2. The van der Waals surface area contributed by atoms with Gasteiger partial charge in [-0.25, -0.2) is 4.68 Å². The molecule has 2 aromatic heterocycles. The van der Waals surface area contributed by atoms with E-state index in [2.05, 4.69) is 10.4 Å². The maximum atomic E-state index is 13.2. The van der Waals surface area contributed by atoms with Crippen molar-refractivity contribution < 1.29 is 18.3 Å². The number of rotatable bonds is 7. The first-order chi connectivity index (χ1) is 17.1. The number of ether oxygens (including phenoxy) is 1. The highest BCUT2D eigenvalue weighted by Crippen LogP contribution is 2.23. The van der Waals surface area contributed by atoms with Gasteiger partial charge >= 0.3 is 5.92 Å². The van der Waals surface area contributed by atoms with Gasteiger partial charge < -0.3 is 14.6 Å². The van der Waals surface area contributed by atoms with Gasteiger partial charge in [0.15, 0.2) is 0 Å². The van der Waals surface area contributed by atoms with Gasteiger partial charge in [0.05, 0.1) is 23.4 Å². The van der Waals surface area contributed by atoms with Gasteiger partial charge in [-0.15, -0.1) is 0 Å². The van der Waals surface area contributed by atoms with E-state index in [4.69, 9.17) is 4.74 Å². The Labute approximate surface area is 208 Å². The molecule has 0 radical (unpaired) electrons. The molecule has 0 aliphatic rings. The largest absolute Gasteiger partial charge is 0.491 e. The summed E-state index contributed by atoms with van der Waals surface area (Å²) in [5, 5.41) is 7.53. The first-order valence-electron chi connectivity index (χ1n) is 11.5. The van der Waals surface area contributed by atoms with Crippen molar-refractivity contribution in [2.24, 2.45) is 13.0 Å². The summed E-state index contributed by atoms with van der Waals surface area (Å²) >= 11 is 0. The molecule has 1 unspecified atom stereocenters. The number of aromatic nitrogens is 3. The van der Waals surface area contributed by atoms with E-state index in [1.54, 1.807) is 42.3 Å². The maximum absolute atomic E-state index is 13.2. The number of alkyl halides is 2. The molecule has 7 nitrogen and oxygen atoms in total. The number of carbonyl (C=O) groups excluding carboxylic acids is 1. The first kappa shape index (κ1) is 26.6. The minimum absolute atomic E-state index is 0.0555. The molecule has 0 fully saturated rings. The minimum Gasteiger partial charge on any atom is -0.491 e. The predicted octanol–water partition coefficient (Wildman–Crippen LogP) is 4.59. The van der Waals surface area contributed by atoms with Crippen LogP contribution >= 0.6 is 0 Å². The Morgan fingerprint density at radius 1 is 1.08 bits per heavy atom. The van der Waals surface area contributed by atoms with Crippen molar-refractivity contribution in [1.29, 1.82) is 0 Å². The summed E-state index contributed by atoms with van der Waals surface area (Å²) in [6.07, 6.45) is 3.37. The van der Waals surface area contributed by atoms with Crippen molar-refractivity contribution in [1.82, 2.24) is 19.7 Å². The molecular formula is C27H30F2N4O3. The van der Waals surface area contributed by atoms with E-state index in [0.29, 0.717) is 12.7 Å². The number of halogens is 2. The predicted molar refractivity (Wildman–Crippen MR) is 136 cm³/mol. The van der Waals surface area contributed by atoms with Gasteiger partial charge in [-0.3, -0.25) is 9.59 Å². The number of hydrogen-bond donors (Lipinski definition) is 1. The van der Waals surface area contributed by atoms with Crippen LogP contribution in [0.25, 0.3) is 16.6 Å². The number of pyridine rings is 1. The monoisotopic (exact) mass is 496 g/mol. The van der Waals surface area contributed by atoms with E-state index >= 15 is 0 Å². The number of fused-ring (bicyclic) bond motifs is 1. The summed E-state index contributed by atoms with van der Waals surface area (Å²) in [6, 6.07) is 20.0. The Hall–Kier alpha value is -4.01. The van der Waals surface area contributed by atoms with Crippen LogP contribution in [0.2, 0.25) is 0 Å². The van der Waals surface area contributed by atoms with E-state index in [0.717, 1.165) is 16.6 Å². The van der Waals surface area contributed by atoms with Crippen LogP contribution < -0.4 is 15.6 Å². The van der Waals surface area contributed by atoms with Crippen LogP contribution in [0, 0.1) is 5.92 Å². The van der Waals surface area contributed by atoms with Crippen molar-refractivity contribution in [2.45, 2.75) is 32.7 Å². The molecule has 0 saturated heterocycles. The van der Waals surface area contributed by atoms with Gasteiger partial charge in [0.25, 0.3) is 5.91 Å². The second kappa shape index (κ2) is 11.6. The number of aryl methyl sites for hydroxylation is 1. The normalized spacial score (nSPS) is 12.1. The molecule has 4 aromatic rings. The molecule has 1 amide bonds. The molecule has 36 heavy (non-hydrogen) atoms. The second-order valence-electron chi connectivity index (χ2n) is 8.79. The Bertz CT molecular complexity index is 1320. The third-order valence-corrected chi connectivity index (χ3v) is 5.47. The highest BCUT2D eigenvalue weighted by molar-refractivity contribution is 5.83. The fourth-order valence-corrected chi connectivity index (χ4v) is 3.28. The maximum Gasteiger partial charge on any atom is 0.321 e.